The minimum Gasteiger partial charge on any atom is -0.319 e. The van der Waals surface area contributed by atoms with Crippen LogP contribution in [0.2, 0.25) is 5.02 Å². The van der Waals surface area contributed by atoms with Crippen molar-refractivity contribution in [3.05, 3.63) is 33.3 Å². The highest BCUT2D eigenvalue weighted by atomic mass is 79.9. The SMILES string of the molecule is CNCC1CC1(C)c1ccc(Br)cc1Cl. The lowest BCUT2D eigenvalue weighted by Gasteiger charge is -2.14. The molecule has 1 aromatic rings. The molecule has 0 aliphatic heterocycles. The van der Waals surface area contributed by atoms with Crippen molar-refractivity contribution in [2.75, 3.05) is 13.6 Å². The van der Waals surface area contributed by atoms with E-state index in [9.17, 15) is 0 Å². The van der Waals surface area contributed by atoms with Gasteiger partial charge in [0, 0.05) is 9.50 Å². The molecule has 0 amide bonds. The zero-order valence-electron chi connectivity index (χ0n) is 8.98. The molecule has 0 radical (unpaired) electrons. The van der Waals surface area contributed by atoms with Crippen molar-refractivity contribution in [2.45, 2.75) is 18.8 Å². The fourth-order valence-electron chi connectivity index (χ4n) is 2.28. The lowest BCUT2D eigenvalue weighted by molar-refractivity contribution is 0.617. The van der Waals surface area contributed by atoms with E-state index in [0.717, 1.165) is 22.0 Å². The van der Waals surface area contributed by atoms with E-state index in [1.54, 1.807) is 0 Å². The van der Waals surface area contributed by atoms with Gasteiger partial charge in [-0.05, 0) is 49.0 Å². The summed E-state index contributed by atoms with van der Waals surface area (Å²) < 4.78 is 1.05. The van der Waals surface area contributed by atoms with Crippen LogP contribution >= 0.6 is 27.5 Å². The standard InChI is InChI=1S/C12H15BrClN/c1-12(6-8(12)7-15-2)10-4-3-9(13)5-11(10)14/h3-5,8,15H,6-7H2,1-2H3. The van der Waals surface area contributed by atoms with Crippen LogP contribution < -0.4 is 5.32 Å². The second-order valence-corrected chi connectivity index (χ2v) is 5.82. The first-order chi connectivity index (χ1) is 7.08. The molecule has 1 aromatic carbocycles. The Morgan fingerprint density at radius 3 is 2.93 bits per heavy atom. The van der Waals surface area contributed by atoms with Gasteiger partial charge in [-0.3, -0.25) is 0 Å². The van der Waals surface area contributed by atoms with Crippen LogP contribution in [0.15, 0.2) is 22.7 Å². The zero-order chi connectivity index (χ0) is 11.1. The van der Waals surface area contributed by atoms with Crippen LogP contribution in [0.4, 0.5) is 0 Å². The van der Waals surface area contributed by atoms with Crippen LogP contribution in [0.5, 0.6) is 0 Å². The predicted octanol–water partition coefficient (Wildman–Crippen LogP) is 3.60. The fourth-order valence-corrected chi connectivity index (χ4v) is 3.17. The highest BCUT2D eigenvalue weighted by Gasteiger charge is 2.51. The van der Waals surface area contributed by atoms with E-state index >= 15 is 0 Å². The lowest BCUT2D eigenvalue weighted by Crippen LogP contribution is -2.16. The van der Waals surface area contributed by atoms with Crippen molar-refractivity contribution >= 4 is 27.5 Å². The third kappa shape index (κ3) is 2.08. The average molecular weight is 289 g/mol. The van der Waals surface area contributed by atoms with E-state index in [2.05, 4.69) is 40.3 Å². The molecule has 15 heavy (non-hydrogen) atoms. The average Bonchev–Trinajstić information content (AvgIpc) is 2.78. The zero-order valence-corrected chi connectivity index (χ0v) is 11.3. The monoisotopic (exact) mass is 287 g/mol. The molecule has 0 aromatic heterocycles. The van der Waals surface area contributed by atoms with E-state index in [1.165, 1.54) is 12.0 Å². The van der Waals surface area contributed by atoms with Gasteiger partial charge in [-0.1, -0.05) is 40.5 Å². The Balaban J connectivity index is 2.24. The Labute approximate surface area is 104 Å². The molecular weight excluding hydrogens is 273 g/mol. The maximum absolute atomic E-state index is 6.27. The van der Waals surface area contributed by atoms with Crippen LogP contribution in [0.25, 0.3) is 0 Å². The van der Waals surface area contributed by atoms with Gasteiger partial charge in [0.05, 0.1) is 0 Å². The molecule has 1 fully saturated rings. The van der Waals surface area contributed by atoms with Gasteiger partial charge in [-0.25, -0.2) is 0 Å². The molecule has 82 valence electrons. The first-order valence-electron chi connectivity index (χ1n) is 5.18. The minimum absolute atomic E-state index is 0.279. The third-order valence-corrected chi connectivity index (χ3v) is 4.21. The molecule has 1 saturated carbocycles. The first kappa shape index (κ1) is 11.4. The Morgan fingerprint density at radius 2 is 2.33 bits per heavy atom. The van der Waals surface area contributed by atoms with Crippen LogP contribution in [0, 0.1) is 5.92 Å². The van der Waals surface area contributed by atoms with Gasteiger partial charge in [0.2, 0.25) is 0 Å². The summed E-state index contributed by atoms with van der Waals surface area (Å²) in [6.07, 6.45) is 1.23. The van der Waals surface area contributed by atoms with Crippen LogP contribution in [0.1, 0.15) is 18.9 Å². The Bertz CT molecular complexity index is 380. The number of halogens is 2. The fraction of sp³-hybridized carbons (Fsp3) is 0.500. The summed E-state index contributed by atoms with van der Waals surface area (Å²) in [7, 11) is 2.00. The summed E-state index contributed by atoms with van der Waals surface area (Å²) in [5.74, 6) is 0.723. The number of hydrogen-bond acceptors (Lipinski definition) is 1. The summed E-state index contributed by atoms with van der Waals surface area (Å²) in [5.41, 5.74) is 1.56. The van der Waals surface area contributed by atoms with E-state index < -0.39 is 0 Å². The molecule has 0 heterocycles. The van der Waals surface area contributed by atoms with Gasteiger partial charge in [0.25, 0.3) is 0 Å². The largest absolute Gasteiger partial charge is 0.319 e. The first-order valence-corrected chi connectivity index (χ1v) is 6.35. The van der Waals surface area contributed by atoms with Crippen molar-refractivity contribution in [1.82, 2.24) is 5.32 Å². The van der Waals surface area contributed by atoms with Gasteiger partial charge < -0.3 is 5.32 Å². The highest BCUT2D eigenvalue weighted by molar-refractivity contribution is 9.10. The summed E-state index contributed by atoms with van der Waals surface area (Å²) in [6.45, 7) is 3.37. The molecule has 1 N–H and O–H groups in total. The Morgan fingerprint density at radius 1 is 1.60 bits per heavy atom. The number of benzene rings is 1. The Kier molecular flexibility index (Phi) is 3.11. The maximum Gasteiger partial charge on any atom is 0.0454 e. The van der Waals surface area contributed by atoms with Crippen molar-refractivity contribution in [2.24, 2.45) is 5.92 Å². The smallest absolute Gasteiger partial charge is 0.0454 e. The quantitative estimate of drug-likeness (QED) is 0.896. The van der Waals surface area contributed by atoms with E-state index in [4.69, 9.17) is 11.6 Å². The van der Waals surface area contributed by atoms with Gasteiger partial charge >= 0.3 is 0 Å². The second kappa shape index (κ2) is 4.08. The van der Waals surface area contributed by atoms with Crippen LogP contribution in [-0.2, 0) is 5.41 Å². The molecule has 0 saturated heterocycles. The van der Waals surface area contributed by atoms with Crippen LogP contribution in [0.3, 0.4) is 0 Å². The van der Waals surface area contributed by atoms with Crippen molar-refractivity contribution in [3.63, 3.8) is 0 Å². The number of rotatable bonds is 3. The molecule has 2 atom stereocenters. The molecular formula is C12H15BrClN. The molecule has 2 unspecified atom stereocenters. The maximum atomic E-state index is 6.27. The normalized spacial score (nSPS) is 29.2. The van der Waals surface area contributed by atoms with Gasteiger partial charge in [-0.2, -0.15) is 0 Å². The number of nitrogens with one attached hydrogen (secondary N) is 1. The summed E-state index contributed by atoms with van der Waals surface area (Å²) in [4.78, 5) is 0. The van der Waals surface area contributed by atoms with E-state index in [1.807, 2.05) is 13.1 Å². The molecule has 3 heteroatoms. The summed E-state index contributed by atoms with van der Waals surface area (Å²) >= 11 is 9.70. The predicted molar refractivity (Wildman–Crippen MR) is 68.5 cm³/mol. The summed E-state index contributed by atoms with van der Waals surface area (Å²) in [5, 5.41) is 4.11. The number of hydrogen-bond donors (Lipinski definition) is 1. The van der Waals surface area contributed by atoms with Crippen molar-refractivity contribution < 1.29 is 0 Å². The molecule has 1 nitrogen and oxygen atoms in total. The highest BCUT2D eigenvalue weighted by Crippen LogP contribution is 2.55. The lowest BCUT2D eigenvalue weighted by atomic mass is 9.95. The van der Waals surface area contributed by atoms with Crippen molar-refractivity contribution in [1.29, 1.82) is 0 Å². The van der Waals surface area contributed by atoms with E-state index in [-0.39, 0.29) is 5.41 Å². The molecule has 1 aliphatic carbocycles. The molecule has 0 spiro atoms. The Hall–Kier alpha value is -0.0500. The second-order valence-electron chi connectivity index (χ2n) is 4.50. The van der Waals surface area contributed by atoms with E-state index in [0.29, 0.717) is 0 Å². The molecule has 2 rings (SSSR count). The minimum atomic E-state index is 0.279. The van der Waals surface area contributed by atoms with Crippen molar-refractivity contribution in [3.8, 4) is 0 Å². The topological polar surface area (TPSA) is 12.0 Å². The van der Waals surface area contributed by atoms with Gasteiger partial charge in [0.15, 0.2) is 0 Å². The third-order valence-electron chi connectivity index (χ3n) is 3.41. The molecule has 1 aliphatic rings. The van der Waals surface area contributed by atoms with Crippen LogP contribution in [-0.4, -0.2) is 13.6 Å². The van der Waals surface area contributed by atoms with Gasteiger partial charge in [0.1, 0.15) is 0 Å². The summed E-state index contributed by atoms with van der Waals surface area (Å²) in [6, 6.07) is 6.19. The molecule has 0 bridgehead atoms. The van der Waals surface area contributed by atoms with Gasteiger partial charge in [-0.15, -0.1) is 0 Å².